The summed E-state index contributed by atoms with van der Waals surface area (Å²) >= 11 is 0. The Morgan fingerprint density at radius 3 is 2.00 bits per heavy atom. The van der Waals surface area contributed by atoms with Gasteiger partial charge >= 0.3 is 0 Å². The van der Waals surface area contributed by atoms with E-state index in [0.717, 1.165) is 17.1 Å². The lowest BCUT2D eigenvalue weighted by atomic mass is 10.2. The van der Waals surface area contributed by atoms with Gasteiger partial charge in [-0.05, 0) is 18.6 Å². The lowest BCUT2D eigenvalue weighted by Gasteiger charge is -2.16. The van der Waals surface area contributed by atoms with Gasteiger partial charge in [0.1, 0.15) is 0 Å². The second kappa shape index (κ2) is 6.41. The number of ether oxygens (including phenoxy) is 2. The summed E-state index contributed by atoms with van der Waals surface area (Å²) in [4.78, 5) is 0. The summed E-state index contributed by atoms with van der Waals surface area (Å²) in [5.74, 6) is 1.22. The van der Waals surface area contributed by atoms with Gasteiger partial charge in [-0.3, -0.25) is 0 Å². The predicted octanol–water partition coefficient (Wildman–Crippen LogP) is 4.55. The van der Waals surface area contributed by atoms with Crippen LogP contribution in [0.15, 0.2) is 18.2 Å². The van der Waals surface area contributed by atoms with Crippen LogP contribution in [0, 0.1) is 6.92 Å². The van der Waals surface area contributed by atoms with Crippen LogP contribution in [0.25, 0.3) is 0 Å². The molecule has 0 aromatic heterocycles. The Morgan fingerprint density at radius 2 is 1.50 bits per heavy atom. The van der Waals surface area contributed by atoms with E-state index in [-0.39, 0.29) is 0 Å². The van der Waals surface area contributed by atoms with Gasteiger partial charge in [0.2, 0.25) is 5.79 Å². The molecular weight excluding hydrogens is 200 g/mol. The van der Waals surface area contributed by atoms with Crippen molar-refractivity contribution < 1.29 is 9.47 Å². The maximum Gasteiger partial charge on any atom is 0.246 e. The van der Waals surface area contributed by atoms with Crippen LogP contribution in [0.5, 0.6) is 11.5 Å². The van der Waals surface area contributed by atoms with Gasteiger partial charge < -0.3 is 9.47 Å². The number of hydrogen-bond donors (Lipinski definition) is 0. The monoisotopic (exact) mass is 224 g/mol. The fourth-order valence-electron chi connectivity index (χ4n) is 1.37. The molecule has 0 radical (unpaired) electrons. The first-order chi connectivity index (χ1) is 7.58. The quantitative estimate of drug-likeness (QED) is 0.643. The topological polar surface area (TPSA) is 18.5 Å². The normalized spacial score (nSPS) is 14.2. The Balaban J connectivity index is 0.000000509. The van der Waals surface area contributed by atoms with Gasteiger partial charge in [0.25, 0.3) is 0 Å². The Labute approximate surface area is 99.6 Å². The van der Waals surface area contributed by atoms with E-state index >= 15 is 0 Å². The summed E-state index contributed by atoms with van der Waals surface area (Å²) in [5.41, 5.74) is 1.12. The van der Waals surface area contributed by atoms with Crippen molar-refractivity contribution in [3.05, 3.63) is 23.8 Å². The molecule has 0 saturated heterocycles. The van der Waals surface area contributed by atoms with Gasteiger partial charge in [-0.2, -0.15) is 0 Å². The second-order valence-corrected chi connectivity index (χ2v) is 3.51. The molecule has 2 rings (SSSR count). The summed E-state index contributed by atoms with van der Waals surface area (Å²) in [5, 5.41) is 0. The van der Waals surface area contributed by atoms with Crippen LogP contribution in [0.3, 0.4) is 0 Å². The van der Waals surface area contributed by atoms with Crippen LogP contribution in [-0.4, -0.2) is 5.79 Å². The second-order valence-electron chi connectivity index (χ2n) is 3.51. The minimum Gasteiger partial charge on any atom is -0.449 e. The van der Waals surface area contributed by atoms with E-state index in [1.54, 1.807) is 0 Å². The Morgan fingerprint density at radius 1 is 0.938 bits per heavy atom. The van der Waals surface area contributed by atoms with E-state index in [4.69, 9.17) is 9.47 Å². The van der Waals surface area contributed by atoms with E-state index in [0.29, 0.717) is 0 Å². The highest BCUT2D eigenvalue weighted by atomic mass is 16.7. The molecule has 1 aromatic rings. The standard InChI is InChI=1S/C10H12O2.2C2H6/c1-7-5-4-6-8-9(7)12-10(2,3)11-8;2*1-2/h4-6H,1-3H3;2*1-2H3. The molecule has 1 aliphatic rings. The van der Waals surface area contributed by atoms with Crippen LogP contribution >= 0.6 is 0 Å². The van der Waals surface area contributed by atoms with Crippen LogP contribution in [-0.2, 0) is 0 Å². The van der Waals surface area contributed by atoms with Crippen molar-refractivity contribution in [2.45, 2.75) is 54.3 Å². The third-order valence-electron chi connectivity index (χ3n) is 1.88. The average Bonchev–Trinajstić information content (AvgIpc) is 2.60. The first-order valence-electron chi connectivity index (χ1n) is 6.06. The highest BCUT2D eigenvalue weighted by Gasteiger charge is 2.32. The Bertz CT molecular complexity index is 317. The van der Waals surface area contributed by atoms with E-state index in [9.17, 15) is 0 Å². The molecule has 2 heteroatoms. The highest BCUT2D eigenvalue weighted by molar-refractivity contribution is 5.48. The summed E-state index contributed by atoms with van der Waals surface area (Å²) < 4.78 is 11.2. The first kappa shape index (κ1) is 14.8. The molecule has 0 spiro atoms. The molecule has 0 atom stereocenters. The Kier molecular flexibility index (Phi) is 5.94. The third-order valence-corrected chi connectivity index (χ3v) is 1.88. The number of rotatable bonds is 0. The minimum absolute atomic E-state index is 0.506. The van der Waals surface area contributed by atoms with E-state index < -0.39 is 5.79 Å². The summed E-state index contributed by atoms with van der Waals surface area (Å²) in [6.07, 6.45) is 0. The van der Waals surface area contributed by atoms with Crippen LogP contribution in [0.4, 0.5) is 0 Å². The van der Waals surface area contributed by atoms with Gasteiger partial charge in [0, 0.05) is 13.8 Å². The number of fused-ring (bicyclic) bond motifs is 1. The third kappa shape index (κ3) is 3.44. The largest absolute Gasteiger partial charge is 0.449 e. The number of benzene rings is 1. The summed E-state index contributed by atoms with van der Waals surface area (Å²) in [6, 6.07) is 5.92. The SMILES string of the molecule is CC.CC.Cc1cccc2c1OC(C)(C)O2. The molecule has 0 unspecified atom stereocenters. The van der Waals surface area contributed by atoms with E-state index in [1.807, 2.05) is 66.7 Å². The van der Waals surface area contributed by atoms with Gasteiger partial charge in [-0.25, -0.2) is 0 Å². The number of hydrogen-bond acceptors (Lipinski definition) is 2. The van der Waals surface area contributed by atoms with Crippen molar-refractivity contribution in [2.24, 2.45) is 0 Å². The lowest BCUT2D eigenvalue weighted by molar-refractivity contribution is -0.0434. The minimum atomic E-state index is -0.506. The number of para-hydroxylation sites is 1. The fourth-order valence-corrected chi connectivity index (χ4v) is 1.37. The number of aryl methyl sites for hydroxylation is 1. The van der Waals surface area contributed by atoms with Crippen molar-refractivity contribution in [1.29, 1.82) is 0 Å². The molecule has 0 fully saturated rings. The van der Waals surface area contributed by atoms with Crippen molar-refractivity contribution in [1.82, 2.24) is 0 Å². The Hall–Kier alpha value is -1.18. The highest BCUT2D eigenvalue weighted by Crippen LogP contribution is 2.40. The van der Waals surface area contributed by atoms with Crippen molar-refractivity contribution in [2.75, 3.05) is 0 Å². The molecule has 2 nitrogen and oxygen atoms in total. The molecule has 16 heavy (non-hydrogen) atoms. The molecule has 1 heterocycles. The predicted molar refractivity (Wildman–Crippen MR) is 69.2 cm³/mol. The molecule has 92 valence electrons. The molecular formula is C14H24O2. The molecule has 0 amide bonds. The molecule has 1 aromatic carbocycles. The zero-order valence-electron chi connectivity index (χ0n) is 11.5. The van der Waals surface area contributed by atoms with Gasteiger partial charge in [-0.15, -0.1) is 0 Å². The average molecular weight is 224 g/mol. The van der Waals surface area contributed by atoms with Gasteiger partial charge in [0.15, 0.2) is 11.5 Å². The lowest BCUT2D eigenvalue weighted by Crippen LogP contribution is -2.29. The molecule has 0 aliphatic carbocycles. The van der Waals surface area contributed by atoms with E-state index in [1.165, 1.54) is 0 Å². The molecule has 1 aliphatic heterocycles. The first-order valence-corrected chi connectivity index (χ1v) is 6.06. The van der Waals surface area contributed by atoms with Gasteiger partial charge in [-0.1, -0.05) is 39.8 Å². The molecule has 0 saturated carbocycles. The van der Waals surface area contributed by atoms with E-state index in [2.05, 4.69) is 0 Å². The van der Waals surface area contributed by atoms with Crippen LogP contribution in [0.2, 0.25) is 0 Å². The maximum atomic E-state index is 5.60. The van der Waals surface area contributed by atoms with Crippen molar-refractivity contribution in [3.8, 4) is 11.5 Å². The molecule has 0 bridgehead atoms. The van der Waals surface area contributed by atoms with Crippen LogP contribution in [0.1, 0.15) is 47.1 Å². The van der Waals surface area contributed by atoms with Crippen molar-refractivity contribution in [3.63, 3.8) is 0 Å². The maximum absolute atomic E-state index is 5.60. The summed E-state index contributed by atoms with van der Waals surface area (Å²) in [7, 11) is 0. The van der Waals surface area contributed by atoms with Crippen molar-refractivity contribution >= 4 is 0 Å². The zero-order chi connectivity index (χ0) is 12.8. The van der Waals surface area contributed by atoms with Gasteiger partial charge in [0.05, 0.1) is 0 Å². The smallest absolute Gasteiger partial charge is 0.246 e. The van der Waals surface area contributed by atoms with Crippen LogP contribution < -0.4 is 9.47 Å². The fraction of sp³-hybridized carbons (Fsp3) is 0.571. The molecule has 0 N–H and O–H groups in total. The zero-order valence-corrected chi connectivity index (χ0v) is 11.5. The summed E-state index contributed by atoms with van der Waals surface area (Å²) in [6.45, 7) is 13.8.